The van der Waals surface area contributed by atoms with E-state index in [2.05, 4.69) is 5.32 Å². The zero-order valence-electron chi connectivity index (χ0n) is 17.7. The number of nitrogens with zero attached hydrogens (tertiary/aromatic N) is 1. The second kappa shape index (κ2) is 9.54. The number of benzene rings is 2. The largest absolute Gasteiger partial charge is 0.350 e. The van der Waals surface area contributed by atoms with E-state index in [-0.39, 0.29) is 17.4 Å². The maximum atomic E-state index is 13.2. The lowest BCUT2D eigenvalue weighted by Gasteiger charge is -2.33. The molecule has 28 heavy (non-hydrogen) atoms. The van der Waals surface area contributed by atoms with Gasteiger partial charge in [-0.15, -0.1) is 0 Å². The van der Waals surface area contributed by atoms with Crippen LogP contribution in [-0.4, -0.2) is 28.3 Å². The molecule has 1 unspecified atom stereocenters. The molecule has 0 bridgehead atoms. The van der Waals surface area contributed by atoms with Gasteiger partial charge in [0.05, 0.1) is 0 Å². The molecule has 2 amide bonds. The molecular weight excluding hydrogens is 348 g/mol. The average Bonchev–Trinajstić information content (AvgIpc) is 2.65. The molecular formula is C24H32N2O2. The molecule has 2 rings (SSSR count). The van der Waals surface area contributed by atoms with E-state index in [9.17, 15) is 9.59 Å². The molecule has 1 N–H and O–H groups in total. The Morgan fingerprint density at radius 2 is 1.57 bits per heavy atom. The van der Waals surface area contributed by atoms with Crippen molar-refractivity contribution in [2.24, 2.45) is 0 Å². The van der Waals surface area contributed by atoms with E-state index in [1.807, 2.05) is 89.2 Å². The van der Waals surface area contributed by atoms with E-state index in [0.717, 1.165) is 11.1 Å². The number of nitrogens with one attached hydrogen (secondary N) is 1. The maximum Gasteiger partial charge on any atom is 0.243 e. The van der Waals surface area contributed by atoms with Gasteiger partial charge >= 0.3 is 0 Å². The van der Waals surface area contributed by atoms with Crippen LogP contribution in [0.25, 0.3) is 0 Å². The van der Waals surface area contributed by atoms with Gasteiger partial charge in [-0.3, -0.25) is 9.59 Å². The first kappa shape index (κ1) is 21.7. The van der Waals surface area contributed by atoms with Crippen molar-refractivity contribution >= 4 is 11.8 Å². The summed E-state index contributed by atoms with van der Waals surface area (Å²) in [6.07, 6.45) is 0.848. The second-order valence-electron chi connectivity index (χ2n) is 8.31. The lowest BCUT2D eigenvalue weighted by atomic mass is 10.0. The fraction of sp³-hybridized carbons (Fsp3) is 0.417. The molecule has 0 aliphatic heterocycles. The van der Waals surface area contributed by atoms with Crippen molar-refractivity contribution in [3.63, 3.8) is 0 Å². The molecule has 4 nitrogen and oxygen atoms in total. The van der Waals surface area contributed by atoms with Crippen LogP contribution in [0.1, 0.15) is 50.8 Å². The zero-order valence-corrected chi connectivity index (χ0v) is 17.7. The predicted octanol–water partition coefficient (Wildman–Crippen LogP) is 4.26. The van der Waals surface area contributed by atoms with E-state index in [4.69, 9.17) is 0 Å². The number of carbonyl (C=O) groups excluding carboxylic acids is 2. The summed E-state index contributed by atoms with van der Waals surface area (Å²) < 4.78 is 0. The molecule has 0 aliphatic carbocycles. The Kier molecular flexibility index (Phi) is 7.38. The van der Waals surface area contributed by atoms with Gasteiger partial charge in [-0.2, -0.15) is 0 Å². The number of carbonyl (C=O) groups is 2. The van der Waals surface area contributed by atoms with E-state index >= 15 is 0 Å². The van der Waals surface area contributed by atoms with Crippen LogP contribution in [0.4, 0.5) is 0 Å². The predicted molar refractivity (Wildman–Crippen MR) is 114 cm³/mol. The van der Waals surface area contributed by atoms with Crippen LogP contribution in [0.15, 0.2) is 54.6 Å². The van der Waals surface area contributed by atoms with Crippen molar-refractivity contribution < 1.29 is 9.59 Å². The number of hydrogen-bond acceptors (Lipinski definition) is 2. The summed E-state index contributed by atoms with van der Waals surface area (Å²) in [4.78, 5) is 27.7. The van der Waals surface area contributed by atoms with E-state index in [1.165, 1.54) is 5.56 Å². The summed E-state index contributed by atoms with van der Waals surface area (Å²) in [5, 5.41) is 3.06. The highest BCUT2D eigenvalue weighted by molar-refractivity contribution is 5.88. The number of aryl methyl sites for hydroxylation is 1. The summed E-state index contributed by atoms with van der Waals surface area (Å²) in [7, 11) is 0. The molecule has 0 heterocycles. The van der Waals surface area contributed by atoms with Crippen molar-refractivity contribution in [3.8, 4) is 0 Å². The minimum Gasteiger partial charge on any atom is -0.350 e. The van der Waals surface area contributed by atoms with Gasteiger partial charge in [-0.1, -0.05) is 67.1 Å². The first-order chi connectivity index (χ1) is 13.2. The lowest BCUT2D eigenvalue weighted by Crippen LogP contribution is -2.54. The number of amides is 2. The third-order valence-corrected chi connectivity index (χ3v) is 4.55. The van der Waals surface area contributed by atoms with E-state index in [0.29, 0.717) is 19.4 Å². The number of rotatable bonds is 7. The molecule has 0 fully saturated rings. The quantitative estimate of drug-likeness (QED) is 0.780. The third-order valence-electron chi connectivity index (χ3n) is 4.55. The fourth-order valence-corrected chi connectivity index (χ4v) is 3.10. The molecule has 0 spiro atoms. The first-order valence-electron chi connectivity index (χ1n) is 9.90. The second-order valence-corrected chi connectivity index (χ2v) is 8.31. The van der Waals surface area contributed by atoms with Crippen LogP contribution in [0.3, 0.4) is 0 Å². The van der Waals surface area contributed by atoms with Crippen molar-refractivity contribution in [1.29, 1.82) is 0 Å². The Hall–Kier alpha value is -2.62. The SMILES string of the molecule is CCC(=O)N(Cc1ccc(C)cc1)C(Cc1ccccc1)C(=O)NC(C)(C)C. The normalized spacial score (nSPS) is 12.3. The Morgan fingerprint density at radius 1 is 0.964 bits per heavy atom. The van der Waals surface area contributed by atoms with Crippen molar-refractivity contribution in [3.05, 3.63) is 71.3 Å². The van der Waals surface area contributed by atoms with Gasteiger partial charge in [-0.25, -0.2) is 0 Å². The Balaban J connectivity index is 2.36. The van der Waals surface area contributed by atoms with Crippen LogP contribution < -0.4 is 5.32 Å². The van der Waals surface area contributed by atoms with Gasteiger partial charge in [0.15, 0.2) is 0 Å². The molecule has 0 aromatic heterocycles. The van der Waals surface area contributed by atoms with Gasteiger partial charge in [0.2, 0.25) is 11.8 Å². The molecule has 4 heteroatoms. The van der Waals surface area contributed by atoms with Crippen LogP contribution in [0.5, 0.6) is 0 Å². The van der Waals surface area contributed by atoms with Gasteiger partial charge < -0.3 is 10.2 Å². The van der Waals surface area contributed by atoms with Crippen molar-refractivity contribution in [2.45, 2.75) is 65.6 Å². The molecule has 0 aliphatic rings. The minimum atomic E-state index is -0.560. The highest BCUT2D eigenvalue weighted by Crippen LogP contribution is 2.17. The zero-order chi connectivity index (χ0) is 20.7. The van der Waals surface area contributed by atoms with Crippen molar-refractivity contribution in [2.75, 3.05) is 0 Å². The topological polar surface area (TPSA) is 49.4 Å². The molecule has 0 radical (unpaired) electrons. The van der Waals surface area contributed by atoms with Gasteiger partial charge in [0.25, 0.3) is 0 Å². The summed E-state index contributed by atoms with van der Waals surface area (Å²) in [6, 6.07) is 17.4. The summed E-state index contributed by atoms with van der Waals surface area (Å²) >= 11 is 0. The maximum absolute atomic E-state index is 13.2. The van der Waals surface area contributed by atoms with Crippen LogP contribution >= 0.6 is 0 Å². The van der Waals surface area contributed by atoms with Crippen LogP contribution in [0.2, 0.25) is 0 Å². The highest BCUT2D eigenvalue weighted by atomic mass is 16.2. The Bertz CT molecular complexity index is 777. The molecule has 0 saturated carbocycles. The van der Waals surface area contributed by atoms with Gasteiger partial charge in [0, 0.05) is 24.9 Å². The molecule has 2 aromatic rings. The summed E-state index contributed by atoms with van der Waals surface area (Å²) in [5.74, 6) is -0.143. The smallest absolute Gasteiger partial charge is 0.243 e. The summed E-state index contributed by atoms with van der Waals surface area (Å²) in [5.41, 5.74) is 2.86. The average molecular weight is 381 g/mol. The molecule has 1 atom stereocenters. The van der Waals surface area contributed by atoms with Crippen LogP contribution in [-0.2, 0) is 22.6 Å². The third kappa shape index (κ3) is 6.52. The lowest BCUT2D eigenvalue weighted by molar-refractivity contribution is -0.141. The van der Waals surface area contributed by atoms with E-state index in [1.54, 1.807) is 4.90 Å². The fourth-order valence-electron chi connectivity index (χ4n) is 3.10. The van der Waals surface area contributed by atoms with Gasteiger partial charge in [0.1, 0.15) is 6.04 Å². The minimum absolute atomic E-state index is 0.0226. The first-order valence-corrected chi connectivity index (χ1v) is 9.90. The molecule has 2 aromatic carbocycles. The van der Waals surface area contributed by atoms with Crippen LogP contribution in [0, 0.1) is 6.92 Å². The number of hydrogen-bond donors (Lipinski definition) is 1. The molecule has 0 saturated heterocycles. The standard InChI is InChI=1S/C24H32N2O2/c1-6-22(27)26(17-20-14-12-18(2)13-15-20)21(23(28)25-24(3,4)5)16-19-10-8-7-9-11-19/h7-15,21H,6,16-17H2,1-5H3,(H,25,28). The van der Waals surface area contributed by atoms with E-state index < -0.39 is 6.04 Å². The Morgan fingerprint density at radius 3 is 2.11 bits per heavy atom. The van der Waals surface area contributed by atoms with Crippen molar-refractivity contribution in [1.82, 2.24) is 10.2 Å². The highest BCUT2D eigenvalue weighted by Gasteiger charge is 2.31. The summed E-state index contributed by atoms with van der Waals surface area (Å²) in [6.45, 7) is 10.2. The van der Waals surface area contributed by atoms with Gasteiger partial charge in [-0.05, 0) is 38.8 Å². The monoisotopic (exact) mass is 380 g/mol. The molecule has 150 valence electrons. The Labute approximate surface area is 169 Å².